The molecule has 1 fully saturated rings. The highest BCUT2D eigenvalue weighted by Gasteiger charge is 2.36. The van der Waals surface area contributed by atoms with Gasteiger partial charge in [-0.1, -0.05) is 0 Å². The van der Waals surface area contributed by atoms with Crippen molar-refractivity contribution >= 4 is 17.8 Å². The fourth-order valence-electron chi connectivity index (χ4n) is 2.07. The van der Waals surface area contributed by atoms with Crippen LogP contribution in [-0.2, 0) is 11.2 Å². The maximum Gasteiger partial charge on any atom is 0.410 e. The van der Waals surface area contributed by atoms with E-state index in [-0.39, 0.29) is 12.0 Å². The average Bonchev–Trinajstić information content (AvgIpc) is 2.88. The molecule has 19 heavy (non-hydrogen) atoms. The van der Waals surface area contributed by atoms with Crippen molar-refractivity contribution in [2.24, 2.45) is 5.92 Å². The van der Waals surface area contributed by atoms with Crippen molar-refractivity contribution in [2.75, 3.05) is 13.1 Å². The molecular formula is C12H19N3O3S. The number of carbonyl (C=O) groups excluding carboxylic acids is 1. The first-order chi connectivity index (χ1) is 8.85. The first kappa shape index (κ1) is 14.2. The van der Waals surface area contributed by atoms with Crippen LogP contribution >= 0.6 is 11.7 Å². The van der Waals surface area contributed by atoms with E-state index in [0.717, 1.165) is 17.4 Å². The van der Waals surface area contributed by atoms with E-state index >= 15 is 0 Å². The van der Waals surface area contributed by atoms with Gasteiger partial charge >= 0.3 is 6.09 Å². The molecule has 2 heterocycles. The van der Waals surface area contributed by atoms with Gasteiger partial charge in [0.05, 0.1) is 36.3 Å². The number of ether oxygens (including phenoxy) is 1. The molecule has 0 saturated carbocycles. The number of β-amino-alcohol motifs (C(OH)–C–C–N with tert-alkyl or cyclic N) is 1. The Morgan fingerprint density at radius 1 is 1.58 bits per heavy atom. The summed E-state index contributed by atoms with van der Waals surface area (Å²) in [6, 6.07) is 0. The van der Waals surface area contributed by atoms with E-state index in [1.54, 1.807) is 11.1 Å². The van der Waals surface area contributed by atoms with Crippen LogP contribution in [0.25, 0.3) is 0 Å². The van der Waals surface area contributed by atoms with Gasteiger partial charge in [0.15, 0.2) is 0 Å². The predicted octanol–water partition coefficient (Wildman–Crippen LogP) is 1.31. The molecular weight excluding hydrogens is 266 g/mol. The van der Waals surface area contributed by atoms with Gasteiger partial charge < -0.3 is 14.7 Å². The van der Waals surface area contributed by atoms with Crippen molar-refractivity contribution in [3.8, 4) is 0 Å². The SMILES string of the molecule is CC(C)(C)OC(=O)N1CC(O)C(Cc2cnsn2)C1. The molecule has 1 amide bonds. The zero-order chi connectivity index (χ0) is 14.0. The van der Waals surface area contributed by atoms with Crippen LogP contribution in [-0.4, -0.2) is 49.6 Å². The molecule has 1 aliphatic rings. The van der Waals surface area contributed by atoms with Gasteiger partial charge in [-0.15, -0.1) is 0 Å². The summed E-state index contributed by atoms with van der Waals surface area (Å²) in [6.07, 6.45) is 1.43. The highest BCUT2D eigenvalue weighted by molar-refractivity contribution is 6.99. The lowest BCUT2D eigenvalue weighted by molar-refractivity contribution is 0.0269. The molecule has 0 spiro atoms. The summed E-state index contributed by atoms with van der Waals surface area (Å²) in [7, 11) is 0. The van der Waals surface area contributed by atoms with Gasteiger partial charge in [0.2, 0.25) is 0 Å². The van der Waals surface area contributed by atoms with Gasteiger partial charge in [0, 0.05) is 12.5 Å². The smallest absolute Gasteiger partial charge is 0.410 e. The van der Waals surface area contributed by atoms with Crippen LogP contribution in [0.3, 0.4) is 0 Å². The fourth-order valence-corrected chi connectivity index (χ4v) is 2.52. The second-order valence-electron chi connectivity index (χ2n) is 5.82. The van der Waals surface area contributed by atoms with Gasteiger partial charge in [-0.25, -0.2) is 4.79 Å². The first-order valence-corrected chi connectivity index (χ1v) is 7.00. The Morgan fingerprint density at radius 2 is 2.32 bits per heavy atom. The molecule has 0 aromatic carbocycles. The molecule has 6 nitrogen and oxygen atoms in total. The number of aromatic nitrogens is 2. The number of aliphatic hydroxyl groups is 1. The monoisotopic (exact) mass is 285 g/mol. The Morgan fingerprint density at radius 3 is 2.89 bits per heavy atom. The molecule has 1 aromatic heterocycles. The highest BCUT2D eigenvalue weighted by Crippen LogP contribution is 2.22. The Labute approximate surface area is 116 Å². The molecule has 7 heteroatoms. The van der Waals surface area contributed by atoms with E-state index in [9.17, 15) is 9.90 Å². The minimum atomic E-state index is -0.533. The standard InChI is InChI=1S/C12H19N3O3S/c1-12(2,3)18-11(17)15-6-8(10(16)7-15)4-9-5-13-19-14-9/h5,8,10,16H,4,6-7H2,1-3H3. The zero-order valence-corrected chi connectivity index (χ0v) is 12.2. The maximum absolute atomic E-state index is 11.9. The van der Waals surface area contributed by atoms with E-state index in [1.807, 2.05) is 20.8 Å². The van der Waals surface area contributed by atoms with E-state index in [0.29, 0.717) is 19.5 Å². The molecule has 0 radical (unpaired) electrons. The quantitative estimate of drug-likeness (QED) is 0.886. The van der Waals surface area contributed by atoms with Gasteiger partial charge in [-0.2, -0.15) is 8.75 Å². The zero-order valence-electron chi connectivity index (χ0n) is 11.4. The van der Waals surface area contributed by atoms with Crippen molar-refractivity contribution in [1.82, 2.24) is 13.6 Å². The Kier molecular flexibility index (Phi) is 4.05. The lowest BCUT2D eigenvalue weighted by atomic mass is 10.0. The van der Waals surface area contributed by atoms with Gasteiger partial charge in [0.25, 0.3) is 0 Å². The molecule has 1 aliphatic heterocycles. The third kappa shape index (κ3) is 3.87. The summed E-state index contributed by atoms with van der Waals surface area (Å²) in [5.41, 5.74) is 0.346. The fraction of sp³-hybridized carbons (Fsp3) is 0.750. The minimum absolute atomic E-state index is 0.00332. The number of likely N-dealkylation sites (tertiary alicyclic amines) is 1. The van der Waals surface area contributed by atoms with Crippen molar-refractivity contribution < 1.29 is 14.6 Å². The third-order valence-corrected chi connectivity index (χ3v) is 3.45. The van der Waals surface area contributed by atoms with Crippen LogP contribution in [0, 0.1) is 5.92 Å². The topological polar surface area (TPSA) is 75.5 Å². The first-order valence-electron chi connectivity index (χ1n) is 6.27. The summed E-state index contributed by atoms with van der Waals surface area (Å²) in [4.78, 5) is 13.5. The summed E-state index contributed by atoms with van der Waals surface area (Å²) in [6.45, 7) is 6.30. The number of carbonyl (C=O) groups is 1. The number of hydrogen-bond acceptors (Lipinski definition) is 6. The molecule has 2 unspecified atom stereocenters. The Bertz CT molecular complexity index is 430. The maximum atomic E-state index is 11.9. The van der Waals surface area contributed by atoms with Gasteiger partial charge in [-0.3, -0.25) is 0 Å². The lowest BCUT2D eigenvalue weighted by Crippen LogP contribution is -2.35. The van der Waals surface area contributed by atoms with Crippen LogP contribution < -0.4 is 0 Å². The highest BCUT2D eigenvalue weighted by atomic mass is 32.1. The van der Waals surface area contributed by atoms with Crippen molar-refractivity contribution in [3.05, 3.63) is 11.9 Å². The van der Waals surface area contributed by atoms with Crippen LogP contribution in [0.1, 0.15) is 26.5 Å². The third-order valence-electron chi connectivity index (χ3n) is 2.94. The van der Waals surface area contributed by atoms with E-state index in [4.69, 9.17) is 4.74 Å². The Balaban J connectivity index is 1.91. The van der Waals surface area contributed by atoms with Crippen molar-refractivity contribution in [3.63, 3.8) is 0 Å². The van der Waals surface area contributed by atoms with Gasteiger partial charge in [0.1, 0.15) is 5.60 Å². The summed E-state index contributed by atoms with van der Waals surface area (Å²) in [5, 5.41) is 10.0. The lowest BCUT2D eigenvalue weighted by Gasteiger charge is -2.24. The van der Waals surface area contributed by atoms with Crippen LogP contribution in [0.2, 0.25) is 0 Å². The number of hydrogen-bond donors (Lipinski definition) is 1. The van der Waals surface area contributed by atoms with E-state index in [2.05, 4.69) is 8.75 Å². The summed E-state index contributed by atoms with van der Waals surface area (Å²) in [5.74, 6) is -0.00332. The minimum Gasteiger partial charge on any atom is -0.444 e. The van der Waals surface area contributed by atoms with E-state index in [1.165, 1.54) is 0 Å². The number of rotatable bonds is 2. The molecule has 0 aliphatic carbocycles. The molecule has 1 saturated heterocycles. The molecule has 2 atom stereocenters. The molecule has 1 N–H and O–H groups in total. The largest absolute Gasteiger partial charge is 0.444 e. The van der Waals surface area contributed by atoms with Gasteiger partial charge in [-0.05, 0) is 27.2 Å². The number of amides is 1. The van der Waals surface area contributed by atoms with Crippen LogP contribution in [0.15, 0.2) is 6.20 Å². The van der Waals surface area contributed by atoms with Crippen LogP contribution in [0.4, 0.5) is 4.79 Å². The normalized spacial score (nSPS) is 23.7. The molecule has 2 rings (SSSR count). The molecule has 106 valence electrons. The van der Waals surface area contributed by atoms with Crippen molar-refractivity contribution in [1.29, 1.82) is 0 Å². The molecule has 1 aromatic rings. The summed E-state index contributed by atoms with van der Waals surface area (Å²) >= 11 is 1.15. The average molecular weight is 285 g/mol. The van der Waals surface area contributed by atoms with E-state index < -0.39 is 11.7 Å². The van der Waals surface area contributed by atoms with Crippen LogP contribution in [0.5, 0.6) is 0 Å². The summed E-state index contributed by atoms with van der Waals surface area (Å²) < 4.78 is 13.4. The second kappa shape index (κ2) is 5.42. The number of aliphatic hydroxyl groups excluding tert-OH is 1. The predicted molar refractivity (Wildman–Crippen MR) is 70.9 cm³/mol. The van der Waals surface area contributed by atoms with Crippen molar-refractivity contribution in [2.45, 2.75) is 38.9 Å². The second-order valence-corrected chi connectivity index (χ2v) is 6.37. The molecule has 0 bridgehead atoms. The Hall–Kier alpha value is -1.21. The number of nitrogens with zero attached hydrogens (tertiary/aromatic N) is 3.